The summed E-state index contributed by atoms with van der Waals surface area (Å²) in [6.07, 6.45) is 6.27. The molecule has 1 saturated carbocycles. The Morgan fingerprint density at radius 1 is 1.08 bits per heavy atom. The van der Waals surface area contributed by atoms with Gasteiger partial charge in [0.25, 0.3) is 10.0 Å². The van der Waals surface area contributed by atoms with Crippen LogP contribution < -0.4 is 4.72 Å². The Hall–Kier alpha value is -1.40. The molecule has 1 aromatic heterocycles. The van der Waals surface area contributed by atoms with Gasteiger partial charge in [-0.3, -0.25) is 4.72 Å². The van der Waals surface area contributed by atoms with Crippen molar-refractivity contribution < 1.29 is 8.42 Å². The highest BCUT2D eigenvalue weighted by Crippen LogP contribution is 2.33. The van der Waals surface area contributed by atoms with Crippen LogP contribution >= 0.6 is 11.3 Å². The molecule has 2 aromatic rings. The number of rotatable bonds is 4. The summed E-state index contributed by atoms with van der Waals surface area (Å²) in [5, 5.41) is 2.32. The van der Waals surface area contributed by atoms with Crippen molar-refractivity contribution in [3.63, 3.8) is 0 Å². The van der Waals surface area contributed by atoms with E-state index in [4.69, 9.17) is 0 Å². The van der Waals surface area contributed by atoms with Crippen LogP contribution in [0.1, 0.15) is 70.1 Å². The second kappa shape index (κ2) is 7.08. The van der Waals surface area contributed by atoms with Crippen LogP contribution in [0.4, 0.5) is 5.13 Å². The number of hydrogen-bond donors (Lipinski definition) is 1. The number of anilines is 1. The van der Waals surface area contributed by atoms with Gasteiger partial charge in [-0.15, -0.1) is 11.3 Å². The normalized spacial score (nSPS) is 16.8. The molecule has 4 nitrogen and oxygen atoms in total. The number of aromatic nitrogens is 1. The molecule has 1 aromatic carbocycles. The number of hydrogen-bond acceptors (Lipinski definition) is 4. The summed E-state index contributed by atoms with van der Waals surface area (Å²) in [4.78, 5) is 4.70. The molecule has 1 heterocycles. The Kier molecular flexibility index (Phi) is 5.21. The first kappa shape index (κ1) is 18.4. The molecule has 1 aliphatic rings. The monoisotopic (exact) mass is 378 g/mol. The minimum Gasteiger partial charge on any atom is -0.255 e. The summed E-state index contributed by atoms with van der Waals surface area (Å²) >= 11 is 1.32. The second-order valence-corrected chi connectivity index (χ2v) is 10.3. The van der Waals surface area contributed by atoms with E-state index in [9.17, 15) is 8.42 Å². The van der Waals surface area contributed by atoms with Gasteiger partial charge >= 0.3 is 0 Å². The van der Waals surface area contributed by atoms with Crippen LogP contribution in [-0.4, -0.2) is 13.4 Å². The van der Waals surface area contributed by atoms with Gasteiger partial charge in [0.1, 0.15) is 0 Å². The number of sulfonamides is 1. The first-order valence-electron chi connectivity index (χ1n) is 8.84. The molecule has 3 rings (SSSR count). The lowest BCUT2D eigenvalue weighted by Crippen LogP contribution is -2.15. The summed E-state index contributed by atoms with van der Waals surface area (Å²) in [5.74, 6) is 0.576. The van der Waals surface area contributed by atoms with Crippen molar-refractivity contribution >= 4 is 26.5 Å². The smallest absolute Gasteiger partial charge is 0.255 e. The molecule has 1 aliphatic carbocycles. The highest BCUT2D eigenvalue weighted by atomic mass is 32.2. The van der Waals surface area contributed by atoms with E-state index in [0.29, 0.717) is 15.9 Å². The quantitative estimate of drug-likeness (QED) is 0.786. The molecule has 0 atom stereocenters. The lowest BCUT2D eigenvalue weighted by Gasteiger charge is -2.22. The predicted octanol–water partition coefficient (Wildman–Crippen LogP) is 5.29. The topological polar surface area (TPSA) is 59.1 Å². The Morgan fingerprint density at radius 3 is 2.28 bits per heavy atom. The van der Waals surface area contributed by atoms with Gasteiger partial charge < -0.3 is 0 Å². The summed E-state index contributed by atoms with van der Waals surface area (Å²) in [7, 11) is -3.60. The molecular weight excluding hydrogens is 352 g/mol. The van der Waals surface area contributed by atoms with E-state index in [1.54, 1.807) is 12.1 Å². The molecular formula is C19H26N2O2S2. The lowest BCUT2D eigenvalue weighted by molar-refractivity contribution is 0.443. The molecule has 0 aliphatic heterocycles. The SMILES string of the molecule is CC(C)(C)c1csc(NS(=O)(=O)c2ccc(C3CCCCC3)cc2)n1. The summed E-state index contributed by atoms with van der Waals surface area (Å²) < 4.78 is 27.8. The van der Waals surface area contributed by atoms with Gasteiger partial charge in [0.15, 0.2) is 5.13 Å². The molecule has 0 unspecified atom stereocenters. The van der Waals surface area contributed by atoms with Gasteiger partial charge in [-0.2, -0.15) is 0 Å². The van der Waals surface area contributed by atoms with Crippen LogP contribution in [0, 0.1) is 0 Å². The van der Waals surface area contributed by atoms with E-state index in [1.165, 1.54) is 49.0 Å². The maximum atomic E-state index is 12.6. The maximum absolute atomic E-state index is 12.6. The fraction of sp³-hybridized carbons (Fsp3) is 0.526. The van der Waals surface area contributed by atoms with Gasteiger partial charge in [0, 0.05) is 10.8 Å². The Morgan fingerprint density at radius 2 is 1.72 bits per heavy atom. The van der Waals surface area contributed by atoms with Crippen molar-refractivity contribution in [2.75, 3.05) is 4.72 Å². The van der Waals surface area contributed by atoms with Gasteiger partial charge in [-0.1, -0.05) is 52.2 Å². The summed E-state index contributed by atoms with van der Waals surface area (Å²) in [5.41, 5.74) is 2.05. The van der Waals surface area contributed by atoms with Gasteiger partial charge in [-0.25, -0.2) is 13.4 Å². The fourth-order valence-corrected chi connectivity index (χ4v) is 5.38. The average Bonchev–Trinajstić information content (AvgIpc) is 3.04. The number of thiazole rings is 1. The maximum Gasteiger partial charge on any atom is 0.263 e. The first-order chi connectivity index (χ1) is 11.8. The summed E-state index contributed by atoms with van der Waals surface area (Å²) in [6, 6.07) is 7.36. The average molecular weight is 379 g/mol. The zero-order chi connectivity index (χ0) is 18.1. The van der Waals surface area contributed by atoms with Gasteiger partial charge in [0.2, 0.25) is 0 Å². The minimum atomic E-state index is -3.60. The van der Waals surface area contributed by atoms with Crippen LogP contribution in [0.2, 0.25) is 0 Å². The van der Waals surface area contributed by atoms with Crippen LogP contribution in [0.5, 0.6) is 0 Å². The number of benzene rings is 1. The zero-order valence-electron chi connectivity index (χ0n) is 15.1. The van der Waals surface area contributed by atoms with Crippen molar-refractivity contribution in [2.45, 2.75) is 69.1 Å². The second-order valence-electron chi connectivity index (χ2n) is 7.80. The molecule has 136 valence electrons. The van der Waals surface area contributed by atoms with E-state index in [1.807, 2.05) is 17.5 Å². The van der Waals surface area contributed by atoms with Crippen molar-refractivity contribution in [3.05, 3.63) is 40.9 Å². The highest BCUT2D eigenvalue weighted by Gasteiger charge is 2.21. The molecule has 0 spiro atoms. The van der Waals surface area contributed by atoms with E-state index >= 15 is 0 Å². The number of nitrogens with one attached hydrogen (secondary N) is 1. The molecule has 1 N–H and O–H groups in total. The van der Waals surface area contributed by atoms with Crippen molar-refractivity contribution in [1.29, 1.82) is 0 Å². The number of nitrogens with zero attached hydrogens (tertiary/aromatic N) is 1. The lowest BCUT2D eigenvalue weighted by atomic mass is 9.84. The fourth-order valence-electron chi connectivity index (χ4n) is 3.19. The Balaban J connectivity index is 1.74. The minimum absolute atomic E-state index is 0.0954. The largest absolute Gasteiger partial charge is 0.263 e. The van der Waals surface area contributed by atoms with E-state index in [0.717, 1.165) is 5.69 Å². The van der Waals surface area contributed by atoms with Crippen molar-refractivity contribution in [3.8, 4) is 0 Å². The molecule has 0 radical (unpaired) electrons. The molecule has 25 heavy (non-hydrogen) atoms. The third-order valence-electron chi connectivity index (χ3n) is 4.76. The standard InChI is InChI=1S/C19H26N2O2S2/c1-19(2,3)17-13-24-18(20-17)21-25(22,23)16-11-9-15(10-12-16)14-7-5-4-6-8-14/h9-14H,4-8H2,1-3H3,(H,20,21). The highest BCUT2D eigenvalue weighted by molar-refractivity contribution is 7.93. The third kappa shape index (κ3) is 4.42. The van der Waals surface area contributed by atoms with Crippen LogP contribution in [0.25, 0.3) is 0 Å². The molecule has 0 amide bonds. The van der Waals surface area contributed by atoms with Crippen LogP contribution in [-0.2, 0) is 15.4 Å². The van der Waals surface area contributed by atoms with Crippen LogP contribution in [0.3, 0.4) is 0 Å². The molecule has 0 bridgehead atoms. The molecule has 1 fully saturated rings. The third-order valence-corrected chi connectivity index (χ3v) is 7.00. The van der Waals surface area contributed by atoms with Gasteiger partial charge in [-0.05, 0) is 36.5 Å². The zero-order valence-corrected chi connectivity index (χ0v) is 16.7. The first-order valence-corrected chi connectivity index (χ1v) is 11.2. The predicted molar refractivity (Wildman–Crippen MR) is 104 cm³/mol. The van der Waals surface area contributed by atoms with Gasteiger partial charge in [0.05, 0.1) is 10.6 Å². The van der Waals surface area contributed by atoms with Crippen molar-refractivity contribution in [1.82, 2.24) is 4.98 Å². The Labute approximate surface area is 154 Å². The summed E-state index contributed by atoms with van der Waals surface area (Å²) in [6.45, 7) is 6.18. The van der Waals surface area contributed by atoms with E-state index in [2.05, 4.69) is 30.5 Å². The molecule has 0 saturated heterocycles. The van der Waals surface area contributed by atoms with E-state index < -0.39 is 10.0 Å². The van der Waals surface area contributed by atoms with Crippen LogP contribution in [0.15, 0.2) is 34.5 Å². The Bertz CT molecular complexity index is 812. The van der Waals surface area contributed by atoms with Crippen molar-refractivity contribution in [2.24, 2.45) is 0 Å². The van der Waals surface area contributed by atoms with E-state index in [-0.39, 0.29) is 5.41 Å². The molecule has 6 heteroatoms.